The van der Waals surface area contributed by atoms with E-state index in [1.807, 2.05) is 19.9 Å². The number of carbonyl (C=O) groups is 1. The van der Waals surface area contributed by atoms with Crippen molar-refractivity contribution in [1.29, 1.82) is 0 Å². The van der Waals surface area contributed by atoms with Crippen LogP contribution in [0.15, 0.2) is 11.1 Å². The van der Waals surface area contributed by atoms with E-state index < -0.39 is 5.97 Å². The van der Waals surface area contributed by atoms with Gasteiger partial charge in [0, 0.05) is 0 Å². The Balaban J connectivity index is 2.68. The van der Waals surface area contributed by atoms with E-state index in [0.29, 0.717) is 0 Å². The highest BCUT2D eigenvalue weighted by Gasteiger charge is 2.60. The van der Waals surface area contributed by atoms with Crippen molar-refractivity contribution in [3.63, 3.8) is 0 Å². The molecule has 0 radical (unpaired) electrons. The van der Waals surface area contributed by atoms with E-state index in [9.17, 15) is 4.79 Å². The molecule has 0 aromatic carbocycles. The molecule has 3 heteroatoms. The van der Waals surface area contributed by atoms with Crippen LogP contribution >= 0.6 is 15.9 Å². The summed E-state index contributed by atoms with van der Waals surface area (Å²) in [5.74, 6) is -0.693. The van der Waals surface area contributed by atoms with Crippen molar-refractivity contribution in [2.45, 2.75) is 13.8 Å². The Morgan fingerprint density at radius 2 is 2.18 bits per heavy atom. The zero-order valence-corrected chi connectivity index (χ0v) is 8.13. The Bertz CT molecular complexity index is 208. The van der Waals surface area contributed by atoms with E-state index in [-0.39, 0.29) is 17.3 Å². The van der Waals surface area contributed by atoms with Crippen LogP contribution in [-0.2, 0) is 4.79 Å². The van der Waals surface area contributed by atoms with E-state index >= 15 is 0 Å². The first-order chi connectivity index (χ1) is 5.01. The molecule has 2 nitrogen and oxygen atoms in total. The Morgan fingerprint density at radius 3 is 2.45 bits per heavy atom. The lowest BCUT2D eigenvalue weighted by atomic mass is 10.1. The van der Waals surface area contributed by atoms with Gasteiger partial charge in [-0.1, -0.05) is 35.9 Å². The molecule has 1 aliphatic rings. The van der Waals surface area contributed by atoms with Crippen molar-refractivity contribution in [3.05, 3.63) is 11.1 Å². The van der Waals surface area contributed by atoms with Crippen LogP contribution < -0.4 is 0 Å². The number of allylic oxidation sites excluding steroid dienone is 1. The maximum Gasteiger partial charge on any atom is 0.307 e. The maximum absolute atomic E-state index is 10.6. The minimum atomic E-state index is -0.689. The molecule has 1 aliphatic carbocycles. The first kappa shape index (κ1) is 8.78. The summed E-state index contributed by atoms with van der Waals surface area (Å²) < 4.78 is 0. The molecule has 0 heterocycles. The fraction of sp³-hybridized carbons (Fsp3) is 0.625. The van der Waals surface area contributed by atoms with Gasteiger partial charge in [0.15, 0.2) is 0 Å². The molecule has 0 aromatic rings. The highest BCUT2D eigenvalue weighted by molar-refractivity contribution is 9.11. The Kier molecular flexibility index (Phi) is 2.10. The van der Waals surface area contributed by atoms with Gasteiger partial charge in [0.2, 0.25) is 0 Å². The fourth-order valence-electron chi connectivity index (χ4n) is 1.59. The summed E-state index contributed by atoms with van der Waals surface area (Å²) >= 11 is 3.14. The van der Waals surface area contributed by atoms with Crippen LogP contribution in [0.2, 0.25) is 0 Å². The number of halogens is 1. The third-order valence-corrected chi connectivity index (χ3v) is 2.76. The van der Waals surface area contributed by atoms with E-state index in [4.69, 9.17) is 5.11 Å². The van der Waals surface area contributed by atoms with Gasteiger partial charge in [0.1, 0.15) is 0 Å². The quantitative estimate of drug-likeness (QED) is 0.773. The predicted octanol–water partition coefficient (Wildman–Crippen LogP) is 2.25. The van der Waals surface area contributed by atoms with E-state index in [0.717, 1.165) is 0 Å². The largest absolute Gasteiger partial charge is 0.481 e. The smallest absolute Gasteiger partial charge is 0.307 e. The van der Waals surface area contributed by atoms with Gasteiger partial charge in [0.05, 0.1) is 5.92 Å². The summed E-state index contributed by atoms with van der Waals surface area (Å²) in [5, 5.41) is 8.74. The molecule has 2 atom stereocenters. The van der Waals surface area contributed by atoms with Gasteiger partial charge in [-0.3, -0.25) is 4.79 Å². The third kappa shape index (κ3) is 1.34. The minimum Gasteiger partial charge on any atom is -0.481 e. The van der Waals surface area contributed by atoms with Gasteiger partial charge in [-0.15, -0.1) is 0 Å². The summed E-state index contributed by atoms with van der Waals surface area (Å²) in [6.45, 7) is 3.95. The molecule has 1 N–H and O–H groups in total. The molecule has 0 aromatic heterocycles. The normalized spacial score (nSPS) is 34.1. The molecule has 0 aliphatic heterocycles. The zero-order chi connectivity index (χ0) is 8.65. The molecule has 0 bridgehead atoms. The van der Waals surface area contributed by atoms with Gasteiger partial charge < -0.3 is 5.11 Å². The number of aliphatic carboxylic acids is 1. The van der Waals surface area contributed by atoms with Crippen molar-refractivity contribution in [3.8, 4) is 0 Å². The summed E-state index contributed by atoms with van der Waals surface area (Å²) in [6.07, 6.45) is 1.90. The monoisotopic (exact) mass is 218 g/mol. The van der Waals surface area contributed by atoms with Gasteiger partial charge >= 0.3 is 5.97 Å². The molecular formula is C8H11BrO2. The lowest BCUT2D eigenvalue weighted by Gasteiger charge is -1.95. The maximum atomic E-state index is 10.6. The van der Waals surface area contributed by atoms with Crippen LogP contribution in [0.5, 0.6) is 0 Å². The van der Waals surface area contributed by atoms with Gasteiger partial charge in [-0.05, 0) is 16.3 Å². The van der Waals surface area contributed by atoms with Crippen molar-refractivity contribution < 1.29 is 9.90 Å². The highest BCUT2D eigenvalue weighted by atomic mass is 79.9. The van der Waals surface area contributed by atoms with Crippen molar-refractivity contribution >= 4 is 21.9 Å². The fourth-order valence-corrected chi connectivity index (χ4v) is 1.92. The predicted molar refractivity (Wildman–Crippen MR) is 46.5 cm³/mol. The topological polar surface area (TPSA) is 37.3 Å². The molecule has 1 saturated carbocycles. The van der Waals surface area contributed by atoms with Crippen LogP contribution in [0.4, 0.5) is 0 Å². The Hall–Kier alpha value is -0.310. The minimum absolute atomic E-state index is 0.0594. The van der Waals surface area contributed by atoms with Crippen molar-refractivity contribution in [2.24, 2.45) is 17.3 Å². The van der Waals surface area contributed by atoms with Crippen molar-refractivity contribution in [2.75, 3.05) is 0 Å². The third-order valence-electron chi connectivity index (χ3n) is 2.46. The van der Waals surface area contributed by atoms with Gasteiger partial charge in [-0.25, -0.2) is 0 Å². The molecule has 1 rings (SSSR count). The SMILES string of the molecule is CC1(C)[C@@H](C=CBr)[C@@H]1C(=O)O. The van der Waals surface area contributed by atoms with Crippen LogP contribution in [0, 0.1) is 17.3 Å². The van der Waals surface area contributed by atoms with E-state index in [1.54, 1.807) is 4.99 Å². The molecule has 62 valence electrons. The van der Waals surface area contributed by atoms with Crippen LogP contribution in [0.3, 0.4) is 0 Å². The molecule has 1 fully saturated rings. The second-order valence-electron chi connectivity index (χ2n) is 3.48. The van der Waals surface area contributed by atoms with Crippen LogP contribution in [0.25, 0.3) is 0 Å². The summed E-state index contributed by atoms with van der Waals surface area (Å²) in [5.41, 5.74) is -0.0594. The molecule has 0 amide bonds. The summed E-state index contributed by atoms with van der Waals surface area (Å²) in [6, 6.07) is 0. The first-order valence-corrected chi connectivity index (χ1v) is 4.43. The molecule has 0 unspecified atom stereocenters. The number of rotatable bonds is 2. The molecule has 0 spiro atoms. The van der Waals surface area contributed by atoms with Crippen LogP contribution in [-0.4, -0.2) is 11.1 Å². The van der Waals surface area contributed by atoms with Crippen molar-refractivity contribution in [1.82, 2.24) is 0 Å². The first-order valence-electron chi connectivity index (χ1n) is 3.51. The van der Waals surface area contributed by atoms with E-state index in [2.05, 4.69) is 15.9 Å². The van der Waals surface area contributed by atoms with Gasteiger partial charge in [-0.2, -0.15) is 0 Å². The second kappa shape index (κ2) is 2.63. The van der Waals surface area contributed by atoms with Gasteiger partial charge in [0.25, 0.3) is 0 Å². The zero-order valence-electron chi connectivity index (χ0n) is 6.54. The number of carboxylic acids is 1. The number of carboxylic acid groups (broad SMARTS) is 1. The summed E-state index contributed by atoms with van der Waals surface area (Å²) in [7, 11) is 0. The standard InChI is InChI=1S/C8H11BrO2/c1-8(2)5(3-4-9)6(8)7(10)11/h3-6H,1-2H3,(H,10,11)/t5-,6+/m0/s1. The summed E-state index contributed by atoms with van der Waals surface area (Å²) in [4.78, 5) is 12.4. The molecular weight excluding hydrogens is 208 g/mol. The number of hydrogen-bond donors (Lipinski definition) is 1. The number of hydrogen-bond acceptors (Lipinski definition) is 1. The average Bonchev–Trinajstić information content (AvgIpc) is 2.35. The molecule has 0 saturated heterocycles. The lowest BCUT2D eigenvalue weighted by Crippen LogP contribution is -2.02. The van der Waals surface area contributed by atoms with Crippen LogP contribution in [0.1, 0.15) is 13.8 Å². The Morgan fingerprint density at radius 1 is 1.64 bits per heavy atom. The lowest BCUT2D eigenvalue weighted by molar-refractivity contribution is -0.139. The average molecular weight is 219 g/mol. The molecule has 11 heavy (non-hydrogen) atoms. The second-order valence-corrected chi connectivity index (χ2v) is 4.01. The highest BCUT2D eigenvalue weighted by Crippen LogP contribution is 2.59. The van der Waals surface area contributed by atoms with E-state index in [1.165, 1.54) is 0 Å². The Labute approximate surface area is 74.4 Å².